The maximum absolute atomic E-state index is 12.5. The number of ether oxygens (including phenoxy) is 2. The molecular weight excluding hydrogens is 388 g/mol. The zero-order valence-electron chi connectivity index (χ0n) is 17.1. The fourth-order valence-electron chi connectivity index (χ4n) is 2.97. The number of hydrogen-bond donors (Lipinski definition) is 1. The Labute approximate surface area is 173 Å². The van der Waals surface area contributed by atoms with Crippen molar-refractivity contribution in [1.29, 1.82) is 0 Å². The number of carbonyl (C=O) groups is 1. The number of nitrogens with one attached hydrogen (secondary N) is 1. The summed E-state index contributed by atoms with van der Waals surface area (Å²) < 4.78 is 12.4. The van der Waals surface area contributed by atoms with Crippen molar-refractivity contribution in [1.82, 2.24) is 9.78 Å². The summed E-state index contributed by atoms with van der Waals surface area (Å²) in [7, 11) is 1.42. The normalized spacial score (nSPS) is 10.5. The molecule has 0 bridgehead atoms. The lowest BCUT2D eigenvalue weighted by Gasteiger charge is -2.11. The van der Waals surface area contributed by atoms with Gasteiger partial charge in [0.15, 0.2) is 18.1 Å². The first kappa shape index (κ1) is 20.8. The number of nitro benzene ring substituents is 1. The molecule has 3 rings (SSSR count). The Morgan fingerprint density at radius 3 is 2.47 bits per heavy atom. The third kappa shape index (κ3) is 4.40. The number of anilines is 1. The summed E-state index contributed by atoms with van der Waals surface area (Å²) in [6.07, 6.45) is 0. The standard InChI is InChI=1S/C21H22N4O5/c1-13-5-7-16(8-6-13)24-15(3)21(14(2)23-24)22-20(26)12-30-19-11-17(25(27)28)9-10-18(19)29-4/h5-11H,12H2,1-4H3,(H,22,26). The van der Waals surface area contributed by atoms with E-state index in [4.69, 9.17) is 9.47 Å². The number of amides is 1. The summed E-state index contributed by atoms with van der Waals surface area (Å²) in [5.74, 6) is -0.00295. The molecule has 1 N–H and O–H groups in total. The van der Waals surface area contributed by atoms with Crippen LogP contribution in [0.3, 0.4) is 0 Å². The van der Waals surface area contributed by atoms with E-state index in [0.29, 0.717) is 17.1 Å². The highest BCUT2D eigenvalue weighted by molar-refractivity contribution is 5.93. The first-order valence-corrected chi connectivity index (χ1v) is 9.18. The van der Waals surface area contributed by atoms with Crippen molar-refractivity contribution in [2.75, 3.05) is 19.0 Å². The average molecular weight is 410 g/mol. The van der Waals surface area contributed by atoms with Crippen molar-refractivity contribution in [3.63, 3.8) is 0 Å². The fraction of sp³-hybridized carbons (Fsp3) is 0.238. The Bertz CT molecular complexity index is 1090. The van der Waals surface area contributed by atoms with Crippen LogP contribution in [-0.4, -0.2) is 34.3 Å². The second kappa shape index (κ2) is 8.64. The maximum Gasteiger partial charge on any atom is 0.273 e. The Hall–Kier alpha value is -3.88. The minimum atomic E-state index is -0.543. The smallest absolute Gasteiger partial charge is 0.273 e. The van der Waals surface area contributed by atoms with Gasteiger partial charge in [-0.25, -0.2) is 4.68 Å². The number of hydrogen-bond acceptors (Lipinski definition) is 6. The summed E-state index contributed by atoms with van der Waals surface area (Å²) in [6, 6.07) is 11.8. The van der Waals surface area contributed by atoms with E-state index >= 15 is 0 Å². The Morgan fingerprint density at radius 1 is 1.13 bits per heavy atom. The predicted molar refractivity (Wildman–Crippen MR) is 112 cm³/mol. The molecule has 0 atom stereocenters. The molecule has 9 heteroatoms. The molecule has 0 saturated heterocycles. The Balaban J connectivity index is 1.74. The zero-order valence-corrected chi connectivity index (χ0v) is 17.1. The molecule has 30 heavy (non-hydrogen) atoms. The van der Waals surface area contributed by atoms with Crippen LogP contribution in [0, 0.1) is 30.9 Å². The van der Waals surface area contributed by atoms with Crippen LogP contribution in [0.4, 0.5) is 11.4 Å². The molecule has 0 saturated carbocycles. The van der Waals surface area contributed by atoms with Crippen LogP contribution >= 0.6 is 0 Å². The van der Waals surface area contributed by atoms with Gasteiger partial charge in [0.25, 0.3) is 11.6 Å². The number of rotatable bonds is 7. The number of benzene rings is 2. The summed E-state index contributed by atoms with van der Waals surface area (Å²) in [5, 5.41) is 18.3. The number of methoxy groups -OCH3 is 1. The third-order valence-electron chi connectivity index (χ3n) is 4.55. The maximum atomic E-state index is 12.5. The second-order valence-corrected chi connectivity index (χ2v) is 6.72. The van der Waals surface area contributed by atoms with Crippen molar-refractivity contribution in [3.8, 4) is 17.2 Å². The molecule has 0 radical (unpaired) electrons. The molecule has 1 aromatic heterocycles. The van der Waals surface area contributed by atoms with Gasteiger partial charge in [-0.05, 0) is 39.0 Å². The average Bonchev–Trinajstić information content (AvgIpc) is 3.00. The van der Waals surface area contributed by atoms with Gasteiger partial charge in [0, 0.05) is 6.07 Å². The van der Waals surface area contributed by atoms with Crippen LogP contribution in [-0.2, 0) is 4.79 Å². The molecule has 0 aliphatic rings. The minimum Gasteiger partial charge on any atom is -0.493 e. The predicted octanol–water partition coefficient (Wildman–Crippen LogP) is 3.73. The van der Waals surface area contributed by atoms with Gasteiger partial charge >= 0.3 is 0 Å². The SMILES string of the molecule is COc1ccc([N+](=O)[O-])cc1OCC(=O)Nc1c(C)nn(-c2ccc(C)cc2)c1C. The zero-order chi connectivity index (χ0) is 21.8. The molecule has 2 aromatic carbocycles. The van der Waals surface area contributed by atoms with Gasteiger partial charge in [0.05, 0.1) is 40.9 Å². The van der Waals surface area contributed by atoms with Crippen LogP contribution in [0.1, 0.15) is 17.0 Å². The quantitative estimate of drug-likeness (QED) is 0.470. The second-order valence-electron chi connectivity index (χ2n) is 6.72. The van der Waals surface area contributed by atoms with E-state index in [2.05, 4.69) is 10.4 Å². The lowest BCUT2D eigenvalue weighted by Crippen LogP contribution is -2.21. The van der Waals surface area contributed by atoms with Gasteiger partial charge in [0.1, 0.15) is 0 Å². The van der Waals surface area contributed by atoms with E-state index in [0.717, 1.165) is 16.9 Å². The minimum absolute atomic E-state index is 0.116. The van der Waals surface area contributed by atoms with Gasteiger partial charge in [0.2, 0.25) is 0 Å². The summed E-state index contributed by atoms with van der Waals surface area (Å²) in [4.78, 5) is 22.9. The van der Waals surface area contributed by atoms with Crippen molar-refractivity contribution in [3.05, 3.63) is 69.5 Å². The number of nitro groups is 1. The van der Waals surface area contributed by atoms with Gasteiger partial charge in [-0.2, -0.15) is 5.10 Å². The van der Waals surface area contributed by atoms with Gasteiger partial charge in [-0.15, -0.1) is 0 Å². The van der Waals surface area contributed by atoms with Crippen LogP contribution in [0.2, 0.25) is 0 Å². The third-order valence-corrected chi connectivity index (χ3v) is 4.55. The Morgan fingerprint density at radius 2 is 1.83 bits per heavy atom. The lowest BCUT2D eigenvalue weighted by molar-refractivity contribution is -0.385. The molecular formula is C21H22N4O5. The molecule has 0 spiro atoms. The number of carbonyl (C=O) groups excluding carboxylic acids is 1. The van der Waals surface area contributed by atoms with Crippen molar-refractivity contribution < 1.29 is 19.2 Å². The van der Waals surface area contributed by atoms with E-state index in [1.54, 1.807) is 11.6 Å². The van der Waals surface area contributed by atoms with Gasteiger partial charge < -0.3 is 14.8 Å². The van der Waals surface area contributed by atoms with Crippen molar-refractivity contribution >= 4 is 17.3 Å². The largest absolute Gasteiger partial charge is 0.493 e. The molecule has 1 heterocycles. The molecule has 0 unspecified atom stereocenters. The van der Waals surface area contributed by atoms with E-state index < -0.39 is 10.8 Å². The molecule has 3 aromatic rings. The molecule has 1 amide bonds. The number of aryl methyl sites for hydroxylation is 2. The first-order chi connectivity index (χ1) is 14.3. The highest BCUT2D eigenvalue weighted by Gasteiger charge is 2.17. The van der Waals surface area contributed by atoms with Crippen LogP contribution in [0.15, 0.2) is 42.5 Å². The van der Waals surface area contributed by atoms with E-state index in [1.807, 2.05) is 38.1 Å². The number of non-ortho nitro benzene ring substituents is 1. The van der Waals surface area contributed by atoms with Crippen LogP contribution in [0.25, 0.3) is 5.69 Å². The molecule has 0 aliphatic heterocycles. The highest BCUT2D eigenvalue weighted by Crippen LogP contribution is 2.31. The molecule has 9 nitrogen and oxygen atoms in total. The van der Waals surface area contributed by atoms with Gasteiger partial charge in [-0.3, -0.25) is 14.9 Å². The molecule has 156 valence electrons. The molecule has 0 fully saturated rings. The summed E-state index contributed by atoms with van der Waals surface area (Å²) in [5.41, 5.74) is 3.90. The van der Waals surface area contributed by atoms with E-state index in [9.17, 15) is 14.9 Å². The van der Waals surface area contributed by atoms with Crippen LogP contribution < -0.4 is 14.8 Å². The monoisotopic (exact) mass is 410 g/mol. The van der Waals surface area contributed by atoms with Crippen LogP contribution in [0.5, 0.6) is 11.5 Å². The van der Waals surface area contributed by atoms with Crippen molar-refractivity contribution in [2.45, 2.75) is 20.8 Å². The topological polar surface area (TPSA) is 109 Å². The molecule has 0 aliphatic carbocycles. The summed E-state index contributed by atoms with van der Waals surface area (Å²) >= 11 is 0. The highest BCUT2D eigenvalue weighted by atomic mass is 16.6. The fourth-order valence-corrected chi connectivity index (χ4v) is 2.97. The number of nitrogens with zero attached hydrogens (tertiary/aromatic N) is 3. The Kier molecular flexibility index (Phi) is 6.01. The van der Waals surface area contributed by atoms with Crippen molar-refractivity contribution in [2.24, 2.45) is 0 Å². The number of aromatic nitrogens is 2. The van der Waals surface area contributed by atoms with E-state index in [1.165, 1.54) is 25.3 Å². The van der Waals surface area contributed by atoms with E-state index in [-0.39, 0.29) is 18.0 Å². The lowest BCUT2D eigenvalue weighted by atomic mass is 10.2. The summed E-state index contributed by atoms with van der Waals surface area (Å²) in [6.45, 7) is 5.33. The first-order valence-electron chi connectivity index (χ1n) is 9.18. The van der Waals surface area contributed by atoms with Gasteiger partial charge in [-0.1, -0.05) is 17.7 Å².